The number of rotatable bonds is 2. The summed E-state index contributed by atoms with van der Waals surface area (Å²) in [5.74, 6) is 0.768. The molecule has 0 N–H and O–H groups in total. The highest BCUT2D eigenvalue weighted by atomic mass is 15.1. The third-order valence-electron chi connectivity index (χ3n) is 3.22. The van der Waals surface area contributed by atoms with Gasteiger partial charge in [0.1, 0.15) is 0 Å². The van der Waals surface area contributed by atoms with Crippen LogP contribution in [-0.2, 0) is 0 Å². The molecule has 0 bridgehead atoms. The van der Waals surface area contributed by atoms with Gasteiger partial charge in [-0.05, 0) is 37.4 Å². The highest BCUT2D eigenvalue weighted by molar-refractivity contribution is 5.20. The van der Waals surface area contributed by atoms with Crippen LogP contribution in [0.4, 0.5) is 0 Å². The van der Waals surface area contributed by atoms with Crippen LogP contribution in [0.3, 0.4) is 0 Å². The van der Waals surface area contributed by atoms with E-state index in [1.165, 1.54) is 38.0 Å². The first kappa shape index (κ1) is 9.72. The predicted octanol–water partition coefficient (Wildman–Crippen LogP) is 2.89. The lowest BCUT2D eigenvalue weighted by Crippen LogP contribution is -2.33. The van der Waals surface area contributed by atoms with Crippen molar-refractivity contribution >= 4 is 0 Å². The second-order valence-electron chi connectivity index (χ2n) is 4.14. The van der Waals surface area contributed by atoms with Gasteiger partial charge in [0.2, 0.25) is 0 Å². The van der Waals surface area contributed by atoms with Crippen molar-refractivity contribution in [2.75, 3.05) is 19.6 Å². The van der Waals surface area contributed by atoms with E-state index < -0.39 is 0 Å². The minimum absolute atomic E-state index is 0.768. The van der Waals surface area contributed by atoms with Crippen molar-refractivity contribution in [3.63, 3.8) is 0 Å². The summed E-state index contributed by atoms with van der Waals surface area (Å²) in [7, 11) is 0. The first-order chi connectivity index (χ1) is 6.90. The Morgan fingerprint density at radius 3 is 2.79 bits per heavy atom. The quantitative estimate of drug-likeness (QED) is 0.691. The van der Waals surface area contributed by atoms with Gasteiger partial charge in [0, 0.05) is 6.54 Å². The zero-order chi connectivity index (χ0) is 9.80. The van der Waals surface area contributed by atoms with E-state index in [1.807, 2.05) is 0 Å². The van der Waals surface area contributed by atoms with Crippen LogP contribution in [0.1, 0.15) is 31.2 Å². The van der Waals surface area contributed by atoms with E-state index in [2.05, 4.69) is 42.2 Å². The minimum Gasteiger partial charge on any atom is -0.303 e. The number of likely N-dealkylation sites (tertiary alicyclic amines) is 1. The summed E-state index contributed by atoms with van der Waals surface area (Å²) >= 11 is 0. The van der Waals surface area contributed by atoms with Crippen LogP contribution in [0, 0.1) is 0 Å². The molecule has 0 amide bonds. The summed E-state index contributed by atoms with van der Waals surface area (Å²) in [6.45, 7) is 6.00. The topological polar surface area (TPSA) is 3.24 Å². The Morgan fingerprint density at radius 2 is 2.07 bits per heavy atom. The van der Waals surface area contributed by atoms with Gasteiger partial charge in [-0.1, -0.05) is 37.3 Å². The molecule has 0 aromatic heterocycles. The van der Waals surface area contributed by atoms with Gasteiger partial charge in [0.15, 0.2) is 0 Å². The Hall–Kier alpha value is -0.820. The number of nitrogens with zero attached hydrogens (tertiary/aromatic N) is 1. The van der Waals surface area contributed by atoms with Crippen molar-refractivity contribution in [3.8, 4) is 0 Å². The molecular weight excluding hydrogens is 170 g/mol. The number of likely N-dealkylation sites (N-methyl/N-ethyl adjacent to an activating group) is 1. The van der Waals surface area contributed by atoms with Crippen LogP contribution in [0.25, 0.3) is 0 Å². The average Bonchev–Trinajstić information content (AvgIpc) is 2.30. The molecule has 1 saturated heterocycles. The Morgan fingerprint density at radius 1 is 1.29 bits per heavy atom. The van der Waals surface area contributed by atoms with Crippen molar-refractivity contribution in [3.05, 3.63) is 35.9 Å². The molecule has 1 heteroatoms. The Kier molecular flexibility index (Phi) is 3.20. The van der Waals surface area contributed by atoms with Crippen molar-refractivity contribution < 1.29 is 0 Å². The average molecular weight is 189 g/mol. The van der Waals surface area contributed by atoms with Crippen LogP contribution in [0.2, 0.25) is 0 Å². The molecule has 0 spiro atoms. The van der Waals surface area contributed by atoms with Crippen molar-refractivity contribution in [2.24, 2.45) is 0 Å². The summed E-state index contributed by atoms with van der Waals surface area (Å²) in [5.41, 5.74) is 1.52. The van der Waals surface area contributed by atoms with Crippen LogP contribution < -0.4 is 0 Å². The summed E-state index contributed by atoms with van der Waals surface area (Å²) in [4.78, 5) is 2.56. The first-order valence-corrected chi connectivity index (χ1v) is 5.67. The molecule has 0 radical (unpaired) electrons. The maximum Gasteiger partial charge on any atom is 0.00502 e. The molecule has 14 heavy (non-hydrogen) atoms. The normalized spacial score (nSPS) is 23.6. The van der Waals surface area contributed by atoms with Crippen LogP contribution in [-0.4, -0.2) is 24.5 Å². The molecule has 0 unspecified atom stereocenters. The van der Waals surface area contributed by atoms with E-state index in [9.17, 15) is 0 Å². The van der Waals surface area contributed by atoms with E-state index in [1.54, 1.807) is 0 Å². The second-order valence-corrected chi connectivity index (χ2v) is 4.14. The van der Waals surface area contributed by atoms with Gasteiger partial charge in [-0.3, -0.25) is 0 Å². The molecule has 1 aliphatic heterocycles. The zero-order valence-electron chi connectivity index (χ0n) is 8.95. The lowest BCUT2D eigenvalue weighted by molar-refractivity contribution is 0.218. The molecule has 1 atom stereocenters. The maximum atomic E-state index is 2.56. The minimum atomic E-state index is 0.768. The fourth-order valence-electron chi connectivity index (χ4n) is 2.34. The standard InChI is InChI=1S/C13H19N/c1-2-14-10-6-9-13(11-14)12-7-4-3-5-8-12/h3-5,7-8,13H,2,6,9-11H2,1H3/t13-/m1/s1. The molecule has 76 valence electrons. The predicted molar refractivity (Wildman–Crippen MR) is 60.5 cm³/mol. The number of hydrogen-bond donors (Lipinski definition) is 0. The molecule has 2 rings (SSSR count). The Bertz CT molecular complexity index is 268. The van der Waals surface area contributed by atoms with Gasteiger partial charge in [0.25, 0.3) is 0 Å². The molecular formula is C13H19N. The summed E-state index contributed by atoms with van der Waals surface area (Å²) in [6.07, 6.45) is 2.72. The number of piperidine rings is 1. The van der Waals surface area contributed by atoms with Crippen molar-refractivity contribution in [2.45, 2.75) is 25.7 Å². The first-order valence-electron chi connectivity index (χ1n) is 5.67. The summed E-state index contributed by atoms with van der Waals surface area (Å²) in [6, 6.07) is 10.9. The molecule has 1 aliphatic rings. The lowest BCUT2D eigenvalue weighted by Gasteiger charge is -2.32. The van der Waals surface area contributed by atoms with Crippen LogP contribution in [0.5, 0.6) is 0 Å². The smallest absolute Gasteiger partial charge is 0.00502 e. The summed E-state index contributed by atoms with van der Waals surface area (Å²) in [5, 5.41) is 0. The highest BCUT2D eigenvalue weighted by Crippen LogP contribution is 2.26. The lowest BCUT2D eigenvalue weighted by atomic mass is 9.91. The Balaban J connectivity index is 2.04. The molecule has 1 aromatic rings. The molecule has 1 aromatic carbocycles. The maximum absolute atomic E-state index is 2.56. The number of hydrogen-bond acceptors (Lipinski definition) is 1. The molecule has 0 aliphatic carbocycles. The van der Waals surface area contributed by atoms with Gasteiger partial charge >= 0.3 is 0 Å². The molecule has 1 fully saturated rings. The van der Waals surface area contributed by atoms with Gasteiger partial charge < -0.3 is 4.90 Å². The van der Waals surface area contributed by atoms with E-state index >= 15 is 0 Å². The van der Waals surface area contributed by atoms with Gasteiger partial charge in [-0.2, -0.15) is 0 Å². The van der Waals surface area contributed by atoms with Gasteiger partial charge in [-0.25, -0.2) is 0 Å². The number of benzene rings is 1. The third kappa shape index (κ3) is 2.16. The Labute approximate surface area is 86.7 Å². The monoisotopic (exact) mass is 189 g/mol. The highest BCUT2D eigenvalue weighted by Gasteiger charge is 2.19. The van der Waals surface area contributed by atoms with E-state index in [-0.39, 0.29) is 0 Å². The third-order valence-corrected chi connectivity index (χ3v) is 3.22. The molecule has 0 saturated carbocycles. The van der Waals surface area contributed by atoms with Crippen molar-refractivity contribution in [1.82, 2.24) is 4.90 Å². The van der Waals surface area contributed by atoms with E-state index in [0.717, 1.165) is 5.92 Å². The van der Waals surface area contributed by atoms with Gasteiger partial charge in [-0.15, -0.1) is 0 Å². The fourth-order valence-corrected chi connectivity index (χ4v) is 2.34. The van der Waals surface area contributed by atoms with Crippen LogP contribution >= 0.6 is 0 Å². The molecule has 1 heterocycles. The fraction of sp³-hybridized carbons (Fsp3) is 0.538. The molecule has 1 nitrogen and oxygen atoms in total. The van der Waals surface area contributed by atoms with Crippen LogP contribution in [0.15, 0.2) is 30.3 Å². The second kappa shape index (κ2) is 4.61. The van der Waals surface area contributed by atoms with Crippen molar-refractivity contribution in [1.29, 1.82) is 0 Å². The van der Waals surface area contributed by atoms with E-state index in [0.29, 0.717) is 0 Å². The zero-order valence-corrected chi connectivity index (χ0v) is 8.95. The SMILES string of the molecule is CCN1CCC[C@@H](c2ccccc2)C1. The van der Waals surface area contributed by atoms with Gasteiger partial charge in [0.05, 0.1) is 0 Å². The summed E-state index contributed by atoms with van der Waals surface area (Å²) < 4.78 is 0. The largest absolute Gasteiger partial charge is 0.303 e. The van der Waals surface area contributed by atoms with E-state index in [4.69, 9.17) is 0 Å².